The van der Waals surface area contributed by atoms with Gasteiger partial charge in [-0.3, -0.25) is 4.99 Å². The molecule has 0 unspecified atom stereocenters. The van der Waals surface area contributed by atoms with Gasteiger partial charge in [-0.1, -0.05) is 47.1 Å². The SMILES string of the molecule is C=C.CC.CC/C=C\C(=NC)C(F)(F)F.CCC. The van der Waals surface area contributed by atoms with Gasteiger partial charge in [0, 0.05) is 7.05 Å². The molecule has 18 heavy (non-hydrogen) atoms. The van der Waals surface area contributed by atoms with Crippen molar-refractivity contribution in [3.8, 4) is 0 Å². The average molecular weight is 267 g/mol. The highest BCUT2D eigenvalue weighted by atomic mass is 19.4. The smallest absolute Gasteiger partial charge is 0.284 e. The molecule has 0 heterocycles. The third-order valence-corrected chi connectivity index (χ3v) is 1.04. The minimum absolute atomic E-state index is 0.578. The van der Waals surface area contributed by atoms with E-state index in [-0.39, 0.29) is 0 Å². The number of rotatable bonds is 2. The van der Waals surface area contributed by atoms with E-state index in [1.165, 1.54) is 12.5 Å². The number of alkyl halides is 3. The fourth-order valence-electron chi connectivity index (χ4n) is 0.525. The van der Waals surface area contributed by atoms with Crippen molar-refractivity contribution in [1.29, 1.82) is 0 Å². The van der Waals surface area contributed by atoms with Gasteiger partial charge in [0.25, 0.3) is 0 Å². The van der Waals surface area contributed by atoms with Gasteiger partial charge in [-0.2, -0.15) is 13.2 Å². The van der Waals surface area contributed by atoms with Crippen molar-refractivity contribution in [2.45, 2.75) is 53.6 Å². The monoisotopic (exact) mass is 267 g/mol. The van der Waals surface area contributed by atoms with Crippen LogP contribution in [0.25, 0.3) is 0 Å². The largest absolute Gasteiger partial charge is 0.432 e. The molecule has 0 aliphatic heterocycles. The molecule has 0 bridgehead atoms. The van der Waals surface area contributed by atoms with Gasteiger partial charge in [0.05, 0.1) is 0 Å². The Hall–Kier alpha value is -1.06. The lowest BCUT2D eigenvalue weighted by atomic mass is 10.3. The minimum atomic E-state index is -4.32. The number of halogens is 3. The lowest BCUT2D eigenvalue weighted by molar-refractivity contribution is -0.0577. The van der Waals surface area contributed by atoms with E-state index in [0.717, 1.165) is 13.1 Å². The Morgan fingerprint density at radius 3 is 1.61 bits per heavy atom. The maximum Gasteiger partial charge on any atom is 0.432 e. The van der Waals surface area contributed by atoms with E-state index in [2.05, 4.69) is 32.0 Å². The van der Waals surface area contributed by atoms with Crippen LogP contribution in [-0.4, -0.2) is 18.9 Å². The molecule has 0 aliphatic rings. The van der Waals surface area contributed by atoms with Gasteiger partial charge in [-0.25, -0.2) is 0 Å². The summed E-state index contributed by atoms with van der Waals surface area (Å²) in [7, 11) is 1.13. The van der Waals surface area contributed by atoms with Crippen molar-refractivity contribution in [1.82, 2.24) is 0 Å². The molecule has 0 amide bonds. The second-order valence-corrected chi connectivity index (χ2v) is 2.62. The minimum Gasteiger partial charge on any atom is -0.284 e. The van der Waals surface area contributed by atoms with Crippen LogP contribution < -0.4 is 0 Å². The fourth-order valence-corrected chi connectivity index (χ4v) is 0.525. The van der Waals surface area contributed by atoms with Crippen LogP contribution in [0, 0.1) is 0 Å². The second kappa shape index (κ2) is 21.2. The predicted molar refractivity (Wildman–Crippen MR) is 77.4 cm³/mol. The van der Waals surface area contributed by atoms with Gasteiger partial charge in [-0.15, -0.1) is 13.2 Å². The van der Waals surface area contributed by atoms with Crippen molar-refractivity contribution in [3.05, 3.63) is 25.3 Å². The number of hydrogen-bond acceptors (Lipinski definition) is 1. The van der Waals surface area contributed by atoms with Crippen LogP contribution in [0.5, 0.6) is 0 Å². The Kier molecular flexibility index (Phi) is 30.3. The van der Waals surface area contributed by atoms with E-state index < -0.39 is 11.9 Å². The highest BCUT2D eigenvalue weighted by molar-refractivity contribution is 5.99. The molecule has 4 heteroatoms. The second-order valence-electron chi connectivity index (χ2n) is 2.62. The van der Waals surface area contributed by atoms with Crippen LogP contribution in [0.4, 0.5) is 13.2 Å². The van der Waals surface area contributed by atoms with Crippen LogP contribution >= 0.6 is 0 Å². The summed E-state index contributed by atoms with van der Waals surface area (Å²) in [5.41, 5.74) is -0.834. The Labute approximate surface area is 111 Å². The first kappa shape index (κ1) is 25.7. The van der Waals surface area contributed by atoms with E-state index in [0.29, 0.717) is 6.42 Å². The zero-order chi connectivity index (χ0) is 15.6. The molecule has 110 valence electrons. The Morgan fingerprint density at radius 1 is 1.11 bits per heavy atom. The third kappa shape index (κ3) is 24.3. The normalized spacial score (nSPS) is 10.4. The highest BCUT2D eigenvalue weighted by Gasteiger charge is 2.32. The van der Waals surface area contributed by atoms with Crippen LogP contribution in [0.1, 0.15) is 47.5 Å². The molecule has 0 radical (unpaired) electrons. The van der Waals surface area contributed by atoms with Gasteiger partial charge in [0.1, 0.15) is 5.71 Å². The summed E-state index contributed by atoms with van der Waals surface area (Å²) >= 11 is 0. The van der Waals surface area contributed by atoms with Crippen LogP contribution in [0.3, 0.4) is 0 Å². The topological polar surface area (TPSA) is 12.4 Å². The first-order chi connectivity index (χ1) is 8.43. The molecule has 0 N–H and O–H groups in total. The maximum atomic E-state index is 11.9. The molecular formula is C14H28F3N. The third-order valence-electron chi connectivity index (χ3n) is 1.04. The summed E-state index contributed by atoms with van der Waals surface area (Å²) in [6, 6.07) is 0. The molecule has 0 rings (SSSR count). The standard InChI is InChI=1S/C7H10F3N.C3H8.C2H6.C2H4/c1-3-4-5-6(11-2)7(8,9)10;1-3-2;2*1-2/h4-5H,3H2,1-2H3;3H2,1-2H3;1-2H3;1-2H2/b5-4-,11-6?;;;. The molecule has 0 aliphatic carbocycles. The van der Waals surface area contributed by atoms with E-state index >= 15 is 0 Å². The van der Waals surface area contributed by atoms with E-state index in [1.807, 2.05) is 13.8 Å². The van der Waals surface area contributed by atoms with Crippen LogP contribution in [-0.2, 0) is 0 Å². The van der Waals surface area contributed by atoms with Crippen molar-refractivity contribution in [3.63, 3.8) is 0 Å². The van der Waals surface area contributed by atoms with Crippen molar-refractivity contribution < 1.29 is 13.2 Å². The summed E-state index contributed by atoms with van der Waals surface area (Å²) in [6.45, 7) is 16.0. The molecule has 0 fully saturated rings. The molecule has 0 saturated heterocycles. The summed E-state index contributed by atoms with van der Waals surface area (Å²) in [5.74, 6) is 0. The predicted octanol–water partition coefficient (Wildman–Crippen LogP) is 5.83. The number of aliphatic imine (C=N–C) groups is 1. The first-order valence-electron chi connectivity index (χ1n) is 6.14. The summed E-state index contributed by atoms with van der Waals surface area (Å²) in [6.07, 6.45) is -0.0780. The van der Waals surface area contributed by atoms with Crippen LogP contribution in [0.15, 0.2) is 30.3 Å². The fraction of sp³-hybridized carbons (Fsp3) is 0.643. The Bertz CT molecular complexity index is 194. The Balaban J connectivity index is -0.000000118. The number of hydrogen-bond donors (Lipinski definition) is 0. The molecule has 0 atom stereocenters. The molecule has 0 aromatic carbocycles. The molecule has 0 aromatic rings. The first-order valence-corrected chi connectivity index (χ1v) is 6.14. The van der Waals surface area contributed by atoms with E-state index in [4.69, 9.17) is 0 Å². The Morgan fingerprint density at radius 2 is 1.44 bits per heavy atom. The van der Waals surface area contributed by atoms with Crippen molar-refractivity contribution in [2.75, 3.05) is 7.05 Å². The number of nitrogens with zero attached hydrogens (tertiary/aromatic N) is 1. The highest BCUT2D eigenvalue weighted by Crippen LogP contribution is 2.17. The molecule has 0 saturated carbocycles. The molecule has 1 nitrogen and oxygen atoms in total. The lowest BCUT2D eigenvalue weighted by Gasteiger charge is -2.03. The average Bonchev–Trinajstić information content (AvgIpc) is 2.34. The maximum absolute atomic E-state index is 11.9. The molecule has 0 spiro atoms. The summed E-state index contributed by atoms with van der Waals surface area (Å²) < 4.78 is 35.6. The van der Waals surface area contributed by atoms with Crippen molar-refractivity contribution in [2.24, 2.45) is 4.99 Å². The molecular weight excluding hydrogens is 239 g/mol. The lowest BCUT2D eigenvalue weighted by Crippen LogP contribution is -2.20. The van der Waals surface area contributed by atoms with Gasteiger partial charge in [0.15, 0.2) is 0 Å². The number of allylic oxidation sites excluding steroid dienone is 2. The van der Waals surface area contributed by atoms with Gasteiger partial charge < -0.3 is 0 Å². The summed E-state index contributed by atoms with van der Waals surface area (Å²) in [4.78, 5) is 3.10. The van der Waals surface area contributed by atoms with Gasteiger partial charge >= 0.3 is 6.18 Å². The summed E-state index contributed by atoms with van der Waals surface area (Å²) in [5, 5.41) is 0. The van der Waals surface area contributed by atoms with Crippen LogP contribution in [0.2, 0.25) is 0 Å². The van der Waals surface area contributed by atoms with Gasteiger partial charge in [0.2, 0.25) is 0 Å². The zero-order valence-corrected chi connectivity index (χ0v) is 12.6. The van der Waals surface area contributed by atoms with E-state index in [9.17, 15) is 13.2 Å². The van der Waals surface area contributed by atoms with Gasteiger partial charge in [-0.05, 0) is 12.5 Å². The van der Waals surface area contributed by atoms with E-state index in [1.54, 1.807) is 6.92 Å². The molecule has 0 aromatic heterocycles. The zero-order valence-electron chi connectivity index (χ0n) is 12.6. The van der Waals surface area contributed by atoms with Crippen molar-refractivity contribution >= 4 is 5.71 Å². The quantitative estimate of drug-likeness (QED) is 0.441.